The van der Waals surface area contributed by atoms with E-state index in [0.29, 0.717) is 24.9 Å². The lowest BCUT2D eigenvalue weighted by molar-refractivity contribution is -0.195. The first-order valence-corrected chi connectivity index (χ1v) is 6.45. The predicted octanol–water partition coefficient (Wildman–Crippen LogP) is 1.88. The highest BCUT2D eigenvalue weighted by Gasteiger charge is 2.60. The maximum absolute atomic E-state index is 12.1. The van der Waals surface area contributed by atoms with E-state index < -0.39 is 5.60 Å². The minimum absolute atomic E-state index is 0.0532. The zero-order valence-corrected chi connectivity index (χ0v) is 9.87. The average Bonchev–Trinajstić information content (AvgIpc) is 2.13. The Morgan fingerprint density at radius 3 is 2.44 bits per heavy atom. The van der Waals surface area contributed by atoms with E-state index in [1.165, 1.54) is 6.42 Å². The van der Waals surface area contributed by atoms with Gasteiger partial charge in [0.05, 0.1) is 17.6 Å². The van der Waals surface area contributed by atoms with Crippen LogP contribution in [0.5, 0.6) is 0 Å². The molecule has 3 heteroatoms. The van der Waals surface area contributed by atoms with E-state index in [2.05, 4.69) is 0 Å². The van der Waals surface area contributed by atoms with Gasteiger partial charge in [-0.05, 0) is 57.3 Å². The number of carbonyl (C=O) groups excluding carboxylic acids is 1. The van der Waals surface area contributed by atoms with Crippen LogP contribution in [0.1, 0.15) is 45.4 Å². The first-order chi connectivity index (χ1) is 7.55. The van der Waals surface area contributed by atoms with E-state index in [9.17, 15) is 9.90 Å². The van der Waals surface area contributed by atoms with Crippen molar-refractivity contribution in [3.63, 3.8) is 0 Å². The number of esters is 1. The molecule has 1 N–H and O–H groups in total. The number of ether oxygens (including phenoxy) is 1. The van der Waals surface area contributed by atoms with Gasteiger partial charge in [-0.3, -0.25) is 4.79 Å². The van der Waals surface area contributed by atoms with Crippen molar-refractivity contribution in [3.8, 4) is 0 Å². The molecule has 0 aromatic heterocycles. The number of carbonyl (C=O) groups is 1. The van der Waals surface area contributed by atoms with E-state index in [0.717, 1.165) is 25.7 Å². The fraction of sp³-hybridized carbons (Fsp3) is 0.923. The number of hydrogen-bond donors (Lipinski definition) is 1. The second kappa shape index (κ2) is 3.22. The molecule has 0 radical (unpaired) electrons. The van der Waals surface area contributed by atoms with Gasteiger partial charge in [0.1, 0.15) is 0 Å². The Morgan fingerprint density at radius 1 is 1.31 bits per heavy atom. The lowest BCUT2D eigenvalue weighted by atomic mass is 9.48. The fourth-order valence-electron chi connectivity index (χ4n) is 4.74. The highest BCUT2D eigenvalue weighted by atomic mass is 16.5. The van der Waals surface area contributed by atoms with Gasteiger partial charge in [-0.25, -0.2) is 0 Å². The summed E-state index contributed by atoms with van der Waals surface area (Å²) < 4.78 is 5.22. The van der Waals surface area contributed by atoms with Gasteiger partial charge in [0.15, 0.2) is 0 Å². The molecule has 0 aliphatic heterocycles. The van der Waals surface area contributed by atoms with Crippen LogP contribution in [-0.4, -0.2) is 23.3 Å². The molecule has 0 unspecified atom stereocenters. The van der Waals surface area contributed by atoms with E-state index >= 15 is 0 Å². The predicted molar refractivity (Wildman–Crippen MR) is 58.7 cm³/mol. The van der Waals surface area contributed by atoms with Crippen LogP contribution in [0.25, 0.3) is 0 Å². The molecule has 0 aromatic rings. The van der Waals surface area contributed by atoms with Crippen molar-refractivity contribution in [2.45, 2.75) is 51.0 Å². The monoisotopic (exact) mass is 224 g/mol. The molecular weight excluding hydrogens is 204 g/mol. The Bertz CT molecular complexity index is 309. The molecule has 3 nitrogen and oxygen atoms in total. The third kappa shape index (κ3) is 1.41. The minimum atomic E-state index is -0.559. The van der Waals surface area contributed by atoms with Gasteiger partial charge in [0.2, 0.25) is 0 Å². The molecule has 4 aliphatic rings. The zero-order chi connectivity index (χ0) is 11.4. The lowest BCUT2D eigenvalue weighted by Crippen LogP contribution is -2.58. The van der Waals surface area contributed by atoms with E-state index in [4.69, 9.17) is 4.74 Å². The molecular formula is C13H20O3. The van der Waals surface area contributed by atoms with Gasteiger partial charge >= 0.3 is 5.97 Å². The first kappa shape index (κ1) is 10.6. The van der Waals surface area contributed by atoms with Crippen molar-refractivity contribution in [3.05, 3.63) is 0 Å². The standard InChI is InChI=1S/C13H20O3/c1-2-16-11(14)12-4-9-3-10(5-12)7-13(15,6-9)8-12/h9-10,15H,2-8H2,1H3/t9-,10-,12?,13?/m0/s1. The van der Waals surface area contributed by atoms with Crippen molar-refractivity contribution in [1.82, 2.24) is 0 Å². The van der Waals surface area contributed by atoms with Crippen LogP contribution >= 0.6 is 0 Å². The molecule has 4 saturated carbocycles. The molecule has 4 aliphatic carbocycles. The molecule has 4 bridgehead atoms. The molecule has 0 amide bonds. The van der Waals surface area contributed by atoms with Crippen LogP contribution in [0.3, 0.4) is 0 Å². The van der Waals surface area contributed by atoms with Gasteiger partial charge in [-0.2, -0.15) is 0 Å². The quantitative estimate of drug-likeness (QED) is 0.728. The largest absolute Gasteiger partial charge is 0.466 e. The molecule has 0 aromatic carbocycles. The van der Waals surface area contributed by atoms with Crippen molar-refractivity contribution in [2.24, 2.45) is 17.3 Å². The Hall–Kier alpha value is -0.570. The van der Waals surface area contributed by atoms with Gasteiger partial charge in [-0.1, -0.05) is 0 Å². The summed E-state index contributed by atoms with van der Waals surface area (Å²) in [4.78, 5) is 12.1. The van der Waals surface area contributed by atoms with Crippen LogP contribution in [0.2, 0.25) is 0 Å². The Labute approximate surface area is 96.2 Å². The average molecular weight is 224 g/mol. The SMILES string of the molecule is CCOC(=O)C12C[C@@H]3C[C@H](CC(O)(C3)C1)C2. The van der Waals surface area contributed by atoms with Gasteiger partial charge in [0, 0.05) is 0 Å². The van der Waals surface area contributed by atoms with Gasteiger partial charge in [0.25, 0.3) is 0 Å². The summed E-state index contributed by atoms with van der Waals surface area (Å²) in [5.41, 5.74) is -0.897. The maximum Gasteiger partial charge on any atom is 0.312 e. The number of hydrogen-bond acceptors (Lipinski definition) is 3. The van der Waals surface area contributed by atoms with E-state index in [-0.39, 0.29) is 11.4 Å². The highest BCUT2D eigenvalue weighted by molar-refractivity contribution is 5.77. The fourth-order valence-corrected chi connectivity index (χ4v) is 4.74. The van der Waals surface area contributed by atoms with Crippen molar-refractivity contribution >= 4 is 5.97 Å². The van der Waals surface area contributed by atoms with Crippen LogP contribution in [-0.2, 0) is 9.53 Å². The van der Waals surface area contributed by atoms with Crippen molar-refractivity contribution in [2.75, 3.05) is 6.61 Å². The Balaban J connectivity index is 1.89. The molecule has 4 fully saturated rings. The molecule has 0 spiro atoms. The summed E-state index contributed by atoms with van der Waals surface area (Å²) in [7, 11) is 0. The number of aliphatic hydroxyl groups is 1. The molecule has 90 valence electrons. The second-order valence-electron chi connectivity index (χ2n) is 6.19. The second-order valence-corrected chi connectivity index (χ2v) is 6.19. The molecule has 0 saturated heterocycles. The van der Waals surface area contributed by atoms with E-state index in [1.807, 2.05) is 6.92 Å². The van der Waals surface area contributed by atoms with Crippen LogP contribution in [0, 0.1) is 17.3 Å². The van der Waals surface area contributed by atoms with E-state index in [1.54, 1.807) is 0 Å². The third-order valence-corrected chi connectivity index (χ3v) is 4.74. The summed E-state index contributed by atoms with van der Waals surface area (Å²) in [5, 5.41) is 10.5. The summed E-state index contributed by atoms with van der Waals surface area (Å²) in [6, 6.07) is 0. The van der Waals surface area contributed by atoms with Gasteiger partial charge in [-0.15, -0.1) is 0 Å². The normalized spacial score (nSPS) is 49.4. The third-order valence-electron chi connectivity index (χ3n) is 4.74. The minimum Gasteiger partial charge on any atom is -0.466 e. The van der Waals surface area contributed by atoms with Gasteiger partial charge < -0.3 is 9.84 Å². The van der Waals surface area contributed by atoms with Crippen LogP contribution in [0.4, 0.5) is 0 Å². The topological polar surface area (TPSA) is 46.5 Å². The van der Waals surface area contributed by atoms with Crippen LogP contribution < -0.4 is 0 Å². The molecule has 4 rings (SSSR count). The zero-order valence-electron chi connectivity index (χ0n) is 9.87. The summed E-state index contributed by atoms with van der Waals surface area (Å²) in [6.07, 6.45) is 5.57. The Morgan fingerprint density at radius 2 is 1.94 bits per heavy atom. The maximum atomic E-state index is 12.1. The smallest absolute Gasteiger partial charge is 0.312 e. The highest BCUT2D eigenvalue weighted by Crippen LogP contribution is 2.61. The summed E-state index contributed by atoms with van der Waals surface area (Å²) in [6.45, 7) is 2.31. The summed E-state index contributed by atoms with van der Waals surface area (Å²) in [5.74, 6) is 1.05. The molecule has 0 heterocycles. The lowest BCUT2D eigenvalue weighted by Gasteiger charge is -2.58. The molecule has 16 heavy (non-hydrogen) atoms. The molecule has 2 atom stereocenters. The van der Waals surface area contributed by atoms with Crippen molar-refractivity contribution in [1.29, 1.82) is 0 Å². The number of rotatable bonds is 2. The van der Waals surface area contributed by atoms with Crippen molar-refractivity contribution < 1.29 is 14.6 Å². The first-order valence-electron chi connectivity index (χ1n) is 6.45. The Kier molecular flexibility index (Phi) is 2.13. The summed E-state index contributed by atoms with van der Waals surface area (Å²) >= 11 is 0. The van der Waals surface area contributed by atoms with Crippen LogP contribution in [0.15, 0.2) is 0 Å².